The second-order valence-corrected chi connectivity index (χ2v) is 8.07. The maximum atomic E-state index is 12.8. The number of aryl methyl sites for hydroxylation is 1. The van der Waals surface area contributed by atoms with E-state index in [2.05, 4.69) is 10.6 Å². The van der Waals surface area contributed by atoms with Crippen LogP contribution in [0.3, 0.4) is 0 Å². The second kappa shape index (κ2) is 9.01. The van der Waals surface area contributed by atoms with Crippen LogP contribution in [0.2, 0.25) is 5.02 Å². The van der Waals surface area contributed by atoms with Crippen LogP contribution in [0.15, 0.2) is 60.7 Å². The number of carbonyl (C=O) groups is 3. The molecule has 0 bridgehead atoms. The Balaban J connectivity index is 1.51. The number of fused-ring (bicyclic) bond motifs is 1. The van der Waals surface area contributed by atoms with Crippen molar-refractivity contribution in [2.45, 2.75) is 6.92 Å². The molecule has 33 heavy (non-hydrogen) atoms. The minimum absolute atomic E-state index is 0.0623. The van der Waals surface area contributed by atoms with E-state index in [0.29, 0.717) is 33.1 Å². The molecule has 1 heterocycles. The van der Waals surface area contributed by atoms with E-state index in [4.69, 9.17) is 28.6 Å². The molecule has 1 aliphatic heterocycles. The first kappa shape index (κ1) is 22.4. The van der Waals surface area contributed by atoms with Gasteiger partial charge in [0.15, 0.2) is 5.11 Å². The highest BCUT2D eigenvalue weighted by Crippen LogP contribution is 2.36. The molecular formula is C24H18ClN3O4S. The van der Waals surface area contributed by atoms with Gasteiger partial charge in [-0.3, -0.25) is 19.7 Å². The highest BCUT2D eigenvalue weighted by molar-refractivity contribution is 7.80. The van der Waals surface area contributed by atoms with Crippen molar-refractivity contribution in [2.24, 2.45) is 0 Å². The minimum atomic E-state index is -0.422. The molecule has 0 fully saturated rings. The van der Waals surface area contributed by atoms with Crippen LogP contribution in [0.5, 0.6) is 5.75 Å². The van der Waals surface area contributed by atoms with Gasteiger partial charge in [0.05, 0.1) is 23.9 Å². The van der Waals surface area contributed by atoms with Crippen molar-refractivity contribution in [1.82, 2.24) is 5.32 Å². The third-order valence-electron chi connectivity index (χ3n) is 5.13. The van der Waals surface area contributed by atoms with Gasteiger partial charge in [0, 0.05) is 22.3 Å². The van der Waals surface area contributed by atoms with E-state index >= 15 is 0 Å². The largest absolute Gasteiger partial charge is 0.494 e. The van der Waals surface area contributed by atoms with Gasteiger partial charge in [-0.15, -0.1) is 0 Å². The van der Waals surface area contributed by atoms with E-state index in [0.717, 1.165) is 10.5 Å². The number of anilines is 2. The molecule has 0 saturated heterocycles. The van der Waals surface area contributed by atoms with E-state index in [1.165, 1.54) is 7.11 Å². The molecule has 1 aliphatic rings. The molecular weight excluding hydrogens is 462 g/mol. The van der Waals surface area contributed by atoms with Crippen LogP contribution in [0, 0.1) is 6.92 Å². The van der Waals surface area contributed by atoms with E-state index in [9.17, 15) is 14.4 Å². The van der Waals surface area contributed by atoms with Gasteiger partial charge in [0.1, 0.15) is 5.75 Å². The molecule has 0 atom stereocenters. The SMILES string of the molecule is COc1cc(NC(=S)NC(=O)c2ccc(C)c(Cl)c2)ccc1N1C(=O)c2ccccc2C1=O. The Morgan fingerprint density at radius 3 is 2.27 bits per heavy atom. The van der Waals surface area contributed by atoms with Crippen molar-refractivity contribution >= 4 is 58.0 Å². The first-order chi connectivity index (χ1) is 15.8. The van der Waals surface area contributed by atoms with Crippen molar-refractivity contribution in [3.8, 4) is 5.75 Å². The predicted molar refractivity (Wildman–Crippen MR) is 130 cm³/mol. The zero-order valence-electron chi connectivity index (χ0n) is 17.6. The molecule has 3 aromatic rings. The van der Waals surface area contributed by atoms with Crippen LogP contribution in [0.4, 0.5) is 11.4 Å². The van der Waals surface area contributed by atoms with Crippen molar-refractivity contribution in [3.05, 3.63) is 87.9 Å². The molecule has 0 saturated carbocycles. The topological polar surface area (TPSA) is 87.7 Å². The highest BCUT2D eigenvalue weighted by Gasteiger charge is 2.37. The van der Waals surface area contributed by atoms with E-state index < -0.39 is 17.7 Å². The Labute approximate surface area is 200 Å². The Hall–Kier alpha value is -3.75. The summed E-state index contributed by atoms with van der Waals surface area (Å²) >= 11 is 11.3. The summed E-state index contributed by atoms with van der Waals surface area (Å²) in [5, 5.41) is 6.03. The number of rotatable bonds is 4. The Bertz CT molecular complexity index is 1290. The van der Waals surface area contributed by atoms with Crippen LogP contribution in [0.1, 0.15) is 36.6 Å². The van der Waals surface area contributed by atoms with Crippen molar-refractivity contribution in [1.29, 1.82) is 0 Å². The Morgan fingerprint density at radius 2 is 1.67 bits per heavy atom. The maximum absolute atomic E-state index is 12.8. The second-order valence-electron chi connectivity index (χ2n) is 7.25. The summed E-state index contributed by atoms with van der Waals surface area (Å²) in [6, 6.07) is 16.4. The van der Waals surface area contributed by atoms with E-state index in [1.807, 2.05) is 6.92 Å². The predicted octanol–water partition coefficient (Wildman–Crippen LogP) is 4.58. The van der Waals surface area contributed by atoms with Crippen molar-refractivity contribution in [2.75, 3.05) is 17.3 Å². The van der Waals surface area contributed by atoms with Crippen LogP contribution in [-0.2, 0) is 0 Å². The lowest BCUT2D eigenvalue weighted by Crippen LogP contribution is -2.34. The molecule has 7 nitrogen and oxygen atoms in total. The fourth-order valence-corrected chi connectivity index (χ4v) is 3.81. The van der Waals surface area contributed by atoms with E-state index in [-0.39, 0.29) is 10.9 Å². The first-order valence-electron chi connectivity index (χ1n) is 9.84. The van der Waals surface area contributed by atoms with Gasteiger partial charge in [0.25, 0.3) is 17.7 Å². The number of hydrogen-bond donors (Lipinski definition) is 2. The average Bonchev–Trinajstić information content (AvgIpc) is 3.05. The molecule has 0 aromatic heterocycles. The molecule has 9 heteroatoms. The van der Waals surface area contributed by atoms with Gasteiger partial charge < -0.3 is 10.1 Å². The number of amides is 3. The number of nitrogens with zero attached hydrogens (tertiary/aromatic N) is 1. The normalized spacial score (nSPS) is 12.4. The van der Waals surface area contributed by atoms with Crippen molar-refractivity contribution < 1.29 is 19.1 Å². The summed E-state index contributed by atoms with van der Waals surface area (Å²) in [5.41, 5.74) is 2.71. The summed E-state index contributed by atoms with van der Waals surface area (Å²) in [4.78, 5) is 39.1. The van der Waals surface area contributed by atoms with Gasteiger partial charge in [-0.2, -0.15) is 0 Å². The lowest BCUT2D eigenvalue weighted by Gasteiger charge is -2.19. The number of nitrogens with one attached hydrogen (secondary N) is 2. The lowest BCUT2D eigenvalue weighted by atomic mass is 10.1. The van der Waals surface area contributed by atoms with Gasteiger partial charge in [-0.05, 0) is 61.1 Å². The molecule has 0 spiro atoms. The monoisotopic (exact) mass is 479 g/mol. The third-order valence-corrected chi connectivity index (χ3v) is 5.74. The number of methoxy groups -OCH3 is 1. The zero-order chi connectivity index (χ0) is 23.7. The quantitative estimate of drug-likeness (QED) is 0.420. The van der Waals surface area contributed by atoms with Gasteiger partial charge in [-0.25, -0.2) is 4.90 Å². The van der Waals surface area contributed by atoms with Gasteiger partial charge in [0.2, 0.25) is 0 Å². The van der Waals surface area contributed by atoms with E-state index in [1.54, 1.807) is 60.7 Å². The third kappa shape index (κ3) is 4.30. The smallest absolute Gasteiger partial charge is 0.266 e. The Kier molecular flexibility index (Phi) is 6.13. The van der Waals surface area contributed by atoms with Gasteiger partial charge >= 0.3 is 0 Å². The number of benzene rings is 3. The Morgan fingerprint density at radius 1 is 1.00 bits per heavy atom. The molecule has 3 amide bonds. The fourth-order valence-electron chi connectivity index (χ4n) is 3.42. The summed E-state index contributed by atoms with van der Waals surface area (Å²) in [6.45, 7) is 1.84. The molecule has 3 aromatic carbocycles. The highest BCUT2D eigenvalue weighted by atomic mass is 35.5. The number of halogens is 1. The molecule has 0 unspecified atom stereocenters. The minimum Gasteiger partial charge on any atom is -0.494 e. The summed E-state index contributed by atoms with van der Waals surface area (Å²) in [7, 11) is 1.43. The van der Waals surface area contributed by atoms with Crippen LogP contribution in [-0.4, -0.2) is 29.9 Å². The van der Waals surface area contributed by atoms with Crippen molar-refractivity contribution in [3.63, 3.8) is 0 Å². The number of hydrogen-bond acceptors (Lipinski definition) is 5. The molecule has 166 valence electrons. The average molecular weight is 480 g/mol. The molecule has 0 aliphatic carbocycles. The molecule has 2 N–H and O–H groups in total. The number of carbonyl (C=O) groups excluding carboxylic acids is 3. The summed E-state index contributed by atoms with van der Waals surface area (Å²) in [5.74, 6) is -0.971. The maximum Gasteiger partial charge on any atom is 0.266 e. The number of thiocarbonyl (C=S) groups is 1. The van der Waals surface area contributed by atoms with Crippen LogP contribution < -0.4 is 20.3 Å². The van der Waals surface area contributed by atoms with Crippen LogP contribution >= 0.6 is 23.8 Å². The lowest BCUT2D eigenvalue weighted by molar-refractivity contribution is 0.0922. The number of imide groups is 1. The first-order valence-corrected chi connectivity index (χ1v) is 10.6. The van der Waals surface area contributed by atoms with Crippen LogP contribution in [0.25, 0.3) is 0 Å². The van der Waals surface area contributed by atoms with Gasteiger partial charge in [-0.1, -0.05) is 29.8 Å². The summed E-state index contributed by atoms with van der Waals surface area (Å²) in [6.07, 6.45) is 0. The fraction of sp³-hybridized carbons (Fsp3) is 0.0833. The zero-order valence-corrected chi connectivity index (χ0v) is 19.2. The standard InChI is InChI=1S/C24H18ClN3O4S/c1-13-7-8-14(11-18(13)25)21(29)27-24(33)26-15-9-10-19(20(12-15)32-2)28-22(30)16-5-3-4-6-17(16)23(28)31/h3-12H,1-2H3,(H2,26,27,29,33). The molecule has 0 radical (unpaired) electrons. The number of ether oxygens (including phenoxy) is 1. The summed E-state index contributed by atoms with van der Waals surface area (Å²) < 4.78 is 5.42. The molecule has 4 rings (SSSR count).